The molecule has 0 spiro atoms. The number of halogens is 1. The fourth-order valence-corrected chi connectivity index (χ4v) is 1.91. The van der Waals surface area contributed by atoms with Gasteiger partial charge in [0.1, 0.15) is 0 Å². The quantitative estimate of drug-likeness (QED) is 0.575. The Balaban J connectivity index is 0.00000106. The molecule has 0 aliphatic carbocycles. The molecule has 0 N–H and O–H groups in total. The van der Waals surface area contributed by atoms with Crippen LogP contribution in [-0.2, 0) is 17.3 Å². The second-order valence-electron chi connectivity index (χ2n) is 5.10. The first kappa shape index (κ1) is 16.2. The molecule has 0 heterocycles. The zero-order valence-electron chi connectivity index (χ0n) is 10.8. The molecule has 0 aromatic heterocycles. The van der Waals surface area contributed by atoms with Crippen molar-refractivity contribution in [1.82, 2.24) is 0 Å². The molecule has 0 bridgehead atoms. The zero-order chi connectivity index (χ0) is 12.8. The number of rotatable bonds is 2. The van der Waals surface area contributed by atoms with Gasteiger partial charge in [0.25, 0.3) is 0 Å². The van der Waals surface area contributed by atoms with E-state index in [1.807, 2.05) is 24.3 Å². The summed E-state index contributed by atoms with van der Waals surface area (Å²) < 4.78 is 6.07. The van der Waals surface area contributed by atoms with Crippen molar-refractivity contribution >= 4 is 18.0 Å². The van der Waals surface area contributed by atoms with E-state index in [1.54, 1.807) is 0 Å². The molecule has 4 heteroatoms. The molecular formula is C12H19ClOSiZn. The standard InChI is InChI=1S/C12H19OSi.ClH.Zn/c1-12(2,3)14(4,5)13-11-9-7-6-8-10-11;;/h6-7,9-10H,1-5H3;1H;/q-1;;+2/p-1. The van der Waals surface area contributed by atoms with Crippen LogP contribution in [0.15, 0.2) is 24.3 Å². The van der Waals surface area contributed by atoms with Crippen molar-refractivity contribution < 1.29 is 21.7 Å². The third-order valence-corrected chi connectivity index (χ3v) is 7.22. The molecule has 0 unspecified atom stereocenters. The Morgan fingerprint density at radius 2 is 1.88 bits per heavy atom. The van der Waals surface area contributed by atoms with Crippen molar-refractivity contribution in [2.45, 2.75) is 38.9 Å². The molecule has 0 saturated carbocycles. The van der Waals surface area contributed by atoms with Crippen LogP contribution in [0.2, 0.25) is 18.1 Å². The molecular weight excluding hydrogens is 289 g/mol. The normalized spacial score (nSPS) is 11.5. The molecule has 0 atom stereocenters. The molecule has 1 aromatic rings. The van der Waals surface area contributed by atoms with Gasteiger partial charge >= 0.3 is 27.0 Å². The summed E-state index contributed by atoms with van der Waals surface area (Å²) in [4.78, 5) is 0. The summed E-state index contributed by atoms with van der Waals surface area (Å²) in [7, 11) is 3.10. The average Bonchev–Trinajstić information content (AvgIpc) is 2.20. The minimum atomic E-state index is -1.67. The van der Waals surface area contributed by atoms with E-state index in [9.17, 15) is 0 Å². The van der Waals surface area contributed by atoms with Crippen LogP contribution in [-0.4, -0.2) is 8.32 Å². The molecule has 0 fully saturated rings. The van der Waals surface area contributed by atoms with Gasteiger partial charge in [-0.25, -0.2) is 0 Å². The van der Waals surface area contributed by atoms with Crippen LogP contribution in [0.3, 0.4) is 0 Å². The van der Waals surface area contributed by atoms with E-state index in [4.69, 9.17) is 14.1 Å². The molecule has 1 rings (SSSR count). The van der Waals surface area contributed by atoms with Crippen molar-refractivity contribution in [2.24, 2.45) is 0 Å². The van der Waals surface area contributed by atoms with Crippen molar-refractivity contribution in [1.29, 1.82) is 0 Å². The maximum atomic E-state index is 6.07. The van der Waals surface area contributed by atoms with E-state index in [-0.39, 0.29) is 5.04 Å². The van der Waals surface area contributed by atoms with Gasteiger partial charge in [-0.2, -0.15) is 18.2 Å². The Morgan fingerprint density at radius 1 is 1.31 bits per heavy atom. The van der Waals surface area contributed by atoms with Crippen molar-refractivity contribution in [3.8, 4) is 5.75 Å². The van der Waals surface area contributed by atoms with E-state index >= 15 is 0 Å². The van der Waals surface area contributed by atoms with Crippen LogP contribution in [0.5, 0.6) is 5.75 Å². The van der Waals surface area contributed by atoms with E-state index < -0.39 is 8.32 Å². The Labute approximate surface area is 114 Å². The van der Waals surface area contributed by atoms with Crippen LogP contribution in [0.4, 0.5) is 0 Å². The minimum absolute atomic E-state index is 0.253. The van der Waals surface area contributed by atoms with Crippen LogP contribution in [0, 0.1) is 6.07 Å². The van der Waals surface area contributed by atoms with Gasteiger partial charge in [-0.1, -0.05) is 20.8 Å². The first-order valence-electron chi connectivity index (χ1n) is 5.25. The van der Waals surface area contributed by atoms with Gasteiger partial charge < -0.3 is 4.43 Å². The first-order valence-corrected chi connectivity index (χ1v) is 12.1. The SMILES string of the molecule is CC(C)(C)[Si](C)(C)Oc1c[c-]ccc1.[Cl][Zn+]. The van der Waals surface area contributed by atoms with Gasteiger partial charge in [0, 0.05) is 0 Å². The van der Waals surface area contributed by atoms with E-state index in [0.29, 0.717) is 0 Å². The Morgan fingerprint density at radius 3 is 2.25 bits per heavy atom. The predicted octanol–water partition coefficient (Wildman–Crippen LogP) is 4.56. The van der Waals surface area contributed by atoms with Gasteiger partial charge in [0.15, 0.2) is 0 Å². The predicted molar refractivity (Wildman–Crippen MR) is 69.0 cm³/mol. The van der Waals surface area contributed by atoms with Crippen molar-refractivity contribution in [2.75, 3.05) is 0 Å². The van der Waals surface area contributed by atoms with Gasteiger partial charge in [-0.3, -0.25) is 0 Å². The van der Waals surface area contributed by atoms with Crippen LogP contribution in [0.1, 0.15) is 20.8 Å². The molecule has 86 valence electrons. The van der Waals surface area contributed by atoms with Crippen LogP contribution in [0.25, 0.3) is 0 Å². The van der Waals surface area contributed by atoms with Crippen molar-refractivity contribution in [3.63, 3.8) is 0 Å². The van der Waals surface area contributed by atoms with Gasteiger partial charge in [0.2, 0.25) is 8.32 Å². The third-order valence-electron chi connectivity index (χ3n) is 2.86. The summed E-state index contributed by atoms with van der Waals surface area (Å²) in [6.45, 7) is 11.2. The van der Waals surface area contributed by atoms with Crippen molar-refractivity contribution in [3.05, 3.63) is 30.3 Å². The molecule has 1 nitrogen and oxygen atoms in total. The fraction of sp³-hybridized carbons (Fsp3) is 0.500. The monoisotopic (exact) mass is 306 g/mol. The van der Waals surface area contributed by atoms with Gasteiger partial charge in [0.05, 0.1) is 0 Å². The maximum absolute atomic E-state index is 6.07. The topological polar surface area (TPSA) is 9.23 Å². The van der Waals surface area contributed by atoms with E-state index in [1.165, 1.54) is 0 Å². The number of hydrogen-bond acceptors (Lipinski definition) is 1. The van der Waals surface area contributed by atoms with Crippen LogP contribution >= 0.6 is 9.69 Å². The summed E-state index contributed by atoms with van der Waals surface area (Å²) in [5.41, 5.74) is 0. The Kier molecular flexibility index (Phi) is 6.85. The molecule has 0 saturated heterocycles. The first-order chi connectivity index (χ1) is 7.33. The molecule has 16 heavy (non-hydrogen) atoms. The molecule has 1 aromatic carbocycles. The van der Waals surface area contributed by atoms with E-state index in [2.05, 4.69) is 39.9 Å². The summed E-state index contributed by atoms with van der Waals surface area (Å²) in [5.74, 6) is 0.944. The molecule has 0 radical (unpaired) electrons. The fourth-order valence-electron chi connectivity index (χ4n) is 0.888. The van der Waals surface area contributed by atoms with Crippen LogP contribution < -0.4 is 4.43 Å². The second kappa shape index (κ2) is 6.78. The molecule has 0 amide bonds. The summed E-state index contributed by atoms with van der Waals surface area (Å²) in [6, 6.07) is 10.8. The number of hydrogen-bond donors (Lipinski definition) is 0. The van der Waals surface area contributed by atoms with Gasteiger partial charge in [-0.15, -0.1) is 12.1 Å². The number of benzene rings is 1. The summed E-state index contributed by atoms with van der Waals surface area (Å²) in [5, 5.41) is 0.253. The van der Waals surface area contributed by atoms with Gasteiger partial charge in [-0.05, 0) is 23.9 Å². The zero-order valence-corrected chi connectivity index (χ0v) is 15.5. The molecule has 0 aliphatic rings. The molecule has 0 aliphatic heterocycles. The third kappa shape index (κ3) is 4.99. The second-order valence-corrected chi connectivity index (χ2v) is 9.83. The Hall–Kier alpha value is 0.150. The van der Waals surface area contributed by atoms with E-state index in [0.717, 1.165) is 23.1 Å². The summed E-state index contributed by atoms with van der Waals surface area (Å²) in [6.07, 6.45) is 0. The summed E-state index contributed by atoms with van der Waals surface area (Å²) >= 11 is 0.847. The average molecular weight is 308 g/mol. The Bertz CT molecular complexity index is 296.